The van der Waals surface area contributed by atoms with Crippen molar-refractivity contribution in [2.75, 3.05) is 14.2 Å². The second-order valence-corrected chi connectivity index (χ2v) is 5.67. The van der Waals surface area contributed by atoms with Crippen molar-refractivity contribution in [3.8, 4) is 0 Å². The van der Waals surface area contributed by atoms with Gasteiger partial charge in [0.15, 0.2) is 0 Å². The van der Waals surface area contributed by atoms with Crippen LogP contribution in [0.1, 0.15) is 39.9 Å². The van der Waals surface area contributed by atoms with Crippen LogP contribution in [-0.2, 0) is 17.7 Å². The molecular weight excluding hydrogens is 240 g/mol. The van der Waals surface area contributed by atoms with Crippen LogP contribution in [0.5, 0.6) is 0 Å². The monoisotopic (exact) mass is 268 g/mol. The lowest BCUT2D eigenvalue weighted by molar-refractivity contribution is -0.0275. The summed E-state index contributed by atoms with van der Waals surface area (Å²) in [7, 11) is 3.74. The van der Waals surface area contributed by atoms with Crippen molar-refractivity contribution in [1.82, 2.24) is 20.1 Å². The third-order valence-corrected chi connectivity index (χ3v) is 3.87. The number of likely N-dealkylation sites (N-methyl/N-ethyl adjacent to an activating group) is 1. The van der Waals surface area contributed by atoms with Gasteiger partial charge in [-0.25, -0.2) is 9.67 Å². The van der Waals surface area contributed by atoms with Crippen LogP contribution in [0.25, 0.3) is 0 Å². The minimum absolute atomic E-state index is 0.191. The Morgan fingerprint density at radius 3 is 2.63 bits per heavy atom. The van der Waals surface area contributed by atoms with Gasteiger partial charge in [0.25, 0.3) is 0 Å². The van der Waals surface area contributed by atoms with Crippen molar-refractivity contribution in [1.29, 1.82) is 0 Å². The number of aromatic nitrogens is 3. The lowest BCUT2D eigenvalue weighted by Gasteiger charge is -2.35. The smallest absolute Gasteiger partial charge is 0.138 e. The van der Waals surface area contributed by atoms with Gasteiger partial charge in [0.1, 0.15) is 12.2 Å². The fourth-order valence-electron chi connectivity index (χ4n) is 2.28. The van der Waals surface area contributed by atoms with Gasteiger partial charge < -0.3 is 10.1 Å². The minimum atomic E-state index is -0.191. The fourth-order valence-corrected chi connectivity index (χ4v) is 2.28. The molecule has 1 aromatic heterocycles. The summed E-state index contributed by atoms with van der Waals surface area (Å²) >= 11 is 0. The molecule has 0 aromatic carbocycles. The van der Waals surface area contributed by atoms with Crippen molar-refractivity contribution in [2.45, 2.75) is 58.7 Å². The molecule has 1 aromatic rings. The Labute approximate surface area is 116 Å². The van der Waals surface area contributed by atoms with E-state index in [0.717, 1.165) is 25.2 Å². The summed E-state index contributed by atoms with van der Waals surface area (Å²) in [6.07, 6.45) is 3.41. The molecule has 0 fully saturated rings. The second-order valence-electron chi connectivity index (χ2n) is 5.67. The maximum absolute atomic E-state index is 5.69. The number of ether oxygens (including phenoxy) is 1. The van der Waals surface area contributed by atoms with Gasteiger partial charge in [-0.2, -0.15) is 5.10 Å². The number of nitrogens with one attached hydrogen (secondary N) is 1. The summed E-state index contributed by atoms with van der Waals surface area (Å²) in [6.45, 7) is 9.56. The molecule has 0 aliphatic heterocycles. The van der Waals surface area contributed by atoms with Crippen LogP contribution in [0, 0.1) is 5.92 Å². The van der Waals surface area contributed by atoms with E-state index in [1.807, 2.05) is 11.7 Å². The summed E-state index contributed by atoms with van der Waals surface area (Å²) in [6, 6.07) is 0.220. The molecule has 0 aliphatic carbocycles. The Morgan fingerprint density at radius 1 is 1.47 bits per heavy atom. The number of rotatable bonds is 8. The molecule has 0 saturated carbocycles. The second kappa shape index (κ2) is 7.01. The van der Waals surface area contributed by atoms with Crippen LogP contribution in [0.15, 0.2) is 6.33 Å². The highest BCUT2D eigenvalue weighted by Crippen LogP contribution is 2.21. The molecule has 110 valence electrons. The maximum Gasteiger partial charge on any atom is 0.138 e. The molecule has 1 rings (SSSR count). The highest BCUT2D eigenvalue weighted by atomic mass is 16.5. The van der Waals surface area contributed by atoms with E-state index in [1.165, 1.54) is 0 Å². The van der Waals surface area contributed by atoms with Crippen LogP contribution in [0.4, 0.5) is 0 Å². The Morgan fingerprint density at radius 2 is 2.16 bits per heavy atom. The third kappa shape index (κ3) is 4.01. The summed E-state index contributed by atoms with van der Waals surface area (Å²) < 4.78 is 7.69. The molecule has 2 unspecified atom stereocenters. The standard InChI is InChI=1S/C14H28N4O/c1-7-14(4,19-6)12(15-5)8-13-16-10-17-18(13)9-11(2)3/h10-12,15H,7-9H2,1-6H3. The zero-order valence-corrected chi connectivity index (χ0v) is 13.1. The van der Waals surface area contributed by atoms with Crippen LogP contribution in [0.2, 0.25) is 0 Å². The Bertz CT molecular complexity index is 371. The predicted molar refractivity (Wildman–Crippen MR) is 77.1 cm³/mol. The zero-order chi connectivity index (χ0) is 14.5. The van der Waals surface area contributed by atoms with Gasteiger partial charge >= 0.3 is 0 Å². The van der Waals surface area contributed by atoms with Gasteiger partial charge in [-0.3, -0.25) is 0 Å². The van der Waals surface area contributed by atoms with E-state index in [0.29, 0.717) is 5.92 Å². The minimum Gasteiger partial charge on any atom is -0.377 e. The Hall–Kier alpha value is -0.940. The molecule has 0 bridgehead atoms. The summed E-state index contributed by atoms with van der Waals surface area (Å²) in [4.78, 5) is 4.40. The Kier molecular flexibility index (Phi) is 5.94. The highest BCUT2D eigenvalue weighted by molar-refractivity contribution is 4.97. The average molecular weight is 268 g/mol. The molecule has 0 radical (unpaired) electrons. The van der Waals surface area contributed by atoms with E-state index in [2.05, 4.69) is 43.1 Å². The van der Waals surface area contributed by atoms with Crippen molar-refractivity contribution in [3.05, 3.63) is 12.2 Å². The molecule has 1 heterocycles. The third-order valence-electron chi connectivity index (χ3n) is 3.87. The average Bonchev–Trinajstić information content (AvgIpc) is 2.81. The first kappa shape index (κ1) is 16.1. The van der Waals surface area contributed by atoms with Gasteiger partial charge in [-0.1, -0.05) is 20.8 Å². The van der Waals surface area contributed by atoms with E-state index < -0.39 is 0 Å². The molecular formula is C14H28N4O. The van der Waals surface area contributed by atoms with Crippen molar-refractivity contribution in [3.63, 3.8) is 0 Å². The first-order chi connectivity index (χ1) is 8.96. The highest BCUT2D eigenvalue weighted by Gasteiger charge is 2.32. The number of hydrogen-bond acceptors (Lipinski definition) is 4. The van der Waals surface area contributed by atoms with Gasteiger partial charge in [0, 0.05) is 26.1 Å². The topological polar surface area (TPSA) is 52.0 Å². The SMILES string of the molecule is CCC(C)(OC)C(Cc1ncnn1CC(C)C)NC. The predicted octanol–water partition coefficient (Wildman–Crippen LogP) is 1.88. The van der Waals surface area contributed by atoms with E-state index >= 15 is 0 Å². The van der Waals surface area contributed by atoms with Crippen LogP contribution in [-0.4, -0.2) is 40.6 Å². The molecule has 2 atom stereocenters. The molecule has 5 heteroatoms. The molecule has 19 heavy (non-hydrogen) atoms. The maximum atomic E-state index is 5.69. The number of methoxy groups -OCH3 is 1. The van der Waals surface area contributed by atoms with E-state index in [9.17, 15) is 0 Å². The largest absolute Gasteiger partial charge is 0.377 e. The summed E-state index contributed by atoms with van der Waals surface area (Å²) in [5.74, 6) is 1.58. The lowest BCUT2D eigenvalue weighted by Crippen LogP contribution is -2.50. The fraction of sp³-hybridized carbons (Fsp3) is 0.857. The van der Waals surface area contributed by atoms with Crippen molar-refractivity contribution >= 4 is 0 Å². The molecule has 0 saturated heterocycles. The van der Waals surface area contributed by atoms with Gasteiger partial charge in [-0.15, -0.1) is 0 Å². The van der Waals surface area contributed by atoms with Crippen LogP contribution >= 0.6 is 0 Å². The normalized spacial score (nSPS) is 16.6. The van der Waals surface area contributed by atoms with Gasteiger partial charge in [-0.05, 0) is 26.3 Å². The van der Waals surface area contributed by atoms with Crippen LogP contribution < -0.4 is 5.32 Å². The van der Waals surface area contributed by atoms with Crippen LogP contribution in [0.3, 0.4) is 0 Å². The zero-order valence-electron chi connectivity index (χ0n) is 13.1. The van der Waals surface area contributed by atoms with E-state index in [1.54, 1.807) is 13.4 Å². The Balaban J connectivity index is 2.84. The molecule has 0 aliphatic rings. The quantitative estimate of drug-likeness (QED) is 0.782. The summed E-state index contributed by atoms with van der Waals surface area (Å²) in [5.41, 5.74) is -0.191. The molecule has 0 amide bonds. The van der Waals surface area contributed by atoms with Crippen molar-refractivity contribution < 1.29 is 4.74 Å². The van der Waals surface area contributed by atoms with E-state index in [4.69, 9.17) is 4.74 Å². The number of hydrogen-bond donors (Lipinski definition) is 1. The number of nitrogens with zero attached hydrogens (tertiary/aromatic N) is 3. The van der Waals surface area contributed by atoms with E-state index in [-0.39, 0.29) is 11.6 Å². The van der Waals surface area contributed by atoms with Gasteiger partial charge in [0.2, 0.25) is 0 Å². The van der Waals surface area contributed by atoms with Gasteiger partial charge in [0.05, 0.1) is 5.60 Å². The summed E-state index contributed by atoms with van der Waals surface area (Å²) in [5, 5.41) is 7.67. The molecule has 5 nitrogen and oxygen atoms in total. The van der Waals surface area contributed by atoms with Crippen molar-refractivity contribution in [2.24, 2.45) is 5.92 Å². The first-order valence-corrected chi connectivity index (χ1v) is 7.05. The lowest BCUT2D eigenvalue weighted by atomic mass is 9.90. The molecule has 1 N–H and O–H groups in total. The molecule has 0 spiro atoms. The first-order valence-electron chi connectivity index (χ1n) is 7.05.